The molecule has 142 valence electrons. The van der Waals surface area contributed by atoms with Crippen molar-refractivity contribution in [1.29, 1.82) is 0 Å². The molecular weight excluding hydrogens is 342 g/mol. The minimum atomic E-state index is -0.889. The van der Waals surface area contributed by atoms with Gasteiger partial charge in [0.1, 0.15) is 6.10 Å². The fourth-order valence-corrected chi connectivity index (χ4v) is 4.21. The molecule has 2 aromatic carbocycles. The lowest BCUT2D eigenvalue weighted by Gasteiger charge is -2.48. The van der Waals surface area contributed by atoms with Gasteiger partial charge in [-0.1, -0.05) is 48.5 Å². The Hall–Kier alpha value is -2.21. The molecule has 0 unspecified atom stereocenters. The van der Waals surface area contributed by atoms with E-state index in [2.05, 4.69) is 0 Å². The van der Waals surface area contributed by atoms with Crippen molar-refractivity contribution in [1.82, 2.24) is 4.90 Å². The van der Waals surface area contributed by atoms with Gasteiger partial charge in [0.15, 0.2) is 0 Å². The Labute approximate surface area is 159 Å². The van der Waals surface area contributed by atoms with Gasteiger partial charge in [0.2, 0.25) is 0 Å². The van der Waals surface area contributed by atoms with Crippen molar-refractivity contribution in [3.63, 3.8) is 0 Å². The smallest absolute Gasteiger partial charge is 0.254 e. The molecule has 1 spiro atoms. The van der Waals surface area contributed by atoms with Crippen molar-refractivity contribution in [2.24, 2.45) is 0 Å². The Morgan fingerprint density at radius 2 is 1.67 bits per heavy atom. The van der Waals surface area contributed by atoms with Gasteiger partial charge in [-0.05, 0) is 36.5 Å². The highest BCUT2D eigenvalue weighted by molar-refractivity contribution is 6.00. The Kier molecular flexibility index (Phi) is 5.00. The number of amides is 1. The van der Waals surface area contributed by atoms with Crippen LogP contribution in [-0.2, 0) is 4.74 Å². The van der Waals surface area contributed by atoms with Crippen LogP contribution in [0, 0.1) is 0 Å². The number of carbonyl (C=O) groups is 1. The van der Waals surface area contributed by atoms with Crippen LogP contribution < -0.4 is 0 Å². The van der Waals surface area contributed by atoms with Crippen LogP contribution in [0.4, 0.5) is 0 Å². The lowest BCUT2D eigenvalue weighted by Crippen LogP contribution is -2.60. The third kappa shape index (κ3) is 3.38. The predicted octanol–water partition coefficient (Wildman–Crippen LogP) is 2.47. The second-order valence-corrected chi connectivity index (χ2v) is 7.42. The molecule has 0 bridgehead atoms. The van der Waals surface area contributed by atoms with E-state index in [0.717, 1.165) is 11.1 Å². The van der Waals surface area contributed by atoms with Gasteiger partial charge in [-0.2, -0.15) is 0 Å². The van der Waals surface area contributed by atoms with Crippen molar-refractivity contribution in [2.75, 3.05) is 19.7 Å². The van der Waals surface area contributed by atoms with Gasteiger partial charge >= 0.3 is 0 Å². The molecule has 2 aliphatic rings. The molecule has 5 heteroatoms. The first kappa shape index (κ1) is 18.2. The summed E-state index contributed by atoms with van der Waals surface area (Å²) in [6.45, 7) is 1.46. The maximum atomic E-state index is 13.2. The summed E-state index contributed by atoms with van der Waals surface area (Å²) >= 11 is 0. The van der Waals surface area contributed by atoms with E-state index < -0.39 is 17.8 Å². The van der Waals surface area contributed by atoms with E-state index in [4.69, 9.17) is 4.74 Å². The third-order valence-electron chi connectivity index (χ3n) is 5.85. The van der Waals surface area contributed by atoms with Crippen LogP contribution in [0.2, 0.25) is 0 Å². The quantitative estimate of drug-likeness (QED) is 0.856. The number of hydrogen-bond donors (Lipinski definition) is 2. The monoisotopic (exact) mass is 367 g/mol. The summed E-state index contributed by atoms with van der Waals surface area (Å²) in [4.78, 5) is 15.0. The molecule has 2 heterocycles. The second kappa shape index (κ2) is 7.43. The topological polar surface area (TPSA) is 70.0 Å². The van der Waals surface area contributed by atoms with Gasteiger partial charge in [0.05, 0.1) is 18.3 Å². The zero-order chi connectivity index (χ0) is 18.9. The largest absolute Gasteiger partial charge is 0.390 e. The number of hydrogen-bond acceptors (Lipinski definition) is 4. The zero-order valence-corrected chi connectivity index (χ0v) is 15.3. The minimum absolute atomic E-state index is 0.00449. The number of nitrogens with zero attached hydrogens (tertiary/aromatic N) is 1. The van der Waals surface area contributed by atoms with Crippen molar-refractivity contribution in [2.45, 2.75) is 37.1 Å². The first-order valence-corrected chi connectivity index (χ1v) is 9.54. The van der Waals surface area contributed by atoms with E-state index in [-0.39, 0.29) is 5.91 Å². The van der Waals surface area contributed by atoms with Crippen LogP contribution in [0.1, 0.15) is 29.6 Å². The van der Waals surface area contributed by atoms with Crippen LogP contribution in [0.15, 0.2) is 54.6 Å². The minimum Gasteiger partial charge on any atom is -0.390 e. The molecule has 1 amide bonds. The van der Waals surface area contributed by atoms with Crippen LogP contribution >= 0.6 is 0 Å². The fraction of sp³-hybridized carbons (Fsp3) is 0.409. The molecule has 4 rings (SSSR count). The van der Waals surface area contributed by atoms with Crippen LogP contribution in [0.3, 0.4) is 0 Å². The number of piperidine rings is 1. The molecule has 2 atom stereocenters. The molecule has 0 radical (unpaired) electrons. The lowest BCUT2D eigenvalue weighted by molar-refractivity contribution is -0.212. The number of aliphatic hydroxyl groups excluding tert-OH is 2. The van der Waals surface area contributed by atoms with Gasteiger partial charge in [-0.3, -0.25) is 4.79 Å². The fourth-order valence-electron chi connectivity index (χ4n) is 4.21. The number of likely N-dealkylation sites (tertiary alicyclic amines) is 1. The maximum Gasteiger partial charge on any atom is 0.254 e. The Bertz CT molecular complexity index is 799. The average molecular weight is 367 g/mol. The molecule has 2 aliphatic heterocycles. The molecular formula is C22H25NO4. The molecule has 5 nitrogen and oxygen atoms in total. The standard InChI is InChI=1S/C22H25NO4/c24-19-10-15-27-22(20(19)25)11-13-23(14-12-22)21(26)18-9-5-4-8-17(18)16-6-2-1-3-7-16/h1-9,19-20,24-25H,10-15H2/t19-,20-/m0/s1. The van der Waals surface area contributed by atoms with Crippen molar-refractivity contribution in [3.8, 4) is 11.1 Å². The van der Waals surface area contributed by atoms with Gasteiger partial charge < -0.3 is 19.8 Å². The second-order valence-electron chi connectivity index (χ2n) is 7.42. The van der Waals surface area contributed by atoms with Crippen molar-refractivity contribution >= 4 is 5.91 Å². The Morgan fingerprint density at radius 3 is 2.41 bits per heavy atom. The third-order valence-corrected chi connectivity index (χ3v) is 5.85. The predicted molar refractivity (Wildman–Crippen MR) is 102 cm³/mol. The summed E-state index contributed by atoms with van der Waals surface area (Å²) in [5, 5.41) is 20.4. The highest BCUT2D eigenvalue weighted by atomic mass is 16.5. The van der Waals surface area contributed by atoms with Crippen LogP contribution in [0.5, 0.6) is 0 Å². The molecule has 2 N–H and O–H groups in total. The van der Waals surface area contributed by atoms with Crippen LogP contribution in [-0.4, -0.2) is 58.5 Å². The molecule has 0 aromatic heterocycles. The molecule has 27 heavy (non-hydrogen) atoms. The summed E-state index contributed by atoms with van der Waals surface area (Å²) in [7, 11) is 0. The van der Waals surface area contributed by atoms with Gasteiger partial charge in [-0.25, -0.2) is 0 Å². The summed E-state index contributed by atoms with van der Waals surface area (Å²) < 4.78 is 5.87. The molecule has 2 saturated heterocycles. The van der Waals surface area contributed by atoms with E-state index >= 15 is 0 Å². The zero-order valence-electron chi connectivity index (χ0n) is 15.3. The maximum absolute atomic E-state index is 13.2. The molecule has 2 fully saturated rings. The molecule has 0 aliphatic carbocycles. The Morgan fingerprint density at radius 1 is 1.00 bits per heavy atom. The summed E-state index contributed by atoms with van der Waals surface area (Å²) in [6, 6.07) is 17.6. The normalized spacial score (nSPS) is 24.7. The van der Waals surface area contributed by atoms with E-state index in [1.165, 1.54) is 0 Å². The molecule has 0 saturated carbocycles. The van der Waals surface area contributed by atoms with Crippen molar-refractivity contribution in [3.05, 3.63) is 60.2 Å². The van der Waals surface area contributed by atoms with E-state index in [0.29, 0.717) is 44.5 Å². The number of rotatable bonds is 2. The van der Waals surface area contributed by atoms with Gasteiger partial charge in [0, 0.05) is 18.7 Å². The summed E-state index contributed by atoms with van der Waals surface area (Å²) in [5.74, 6) is -0.00449. The van der Waals surface area contributed by atoms with Crippen LogP contribution in [0.25, 0.3) is 11.1 Å². The van der Waals surface area contributed by atoms with E-state index in [9.17, 15) is 15.0 Å². The number of ether oxygens (including phenoxy) is 1. The highest BCUT2D eigenvalue weighted by Gasteiger charge is 2.48. The summed E-state index contributed by atoms with van der Waals surface area (Å²) in [6.07, 6.45) is -0.120. The van der Waals surface area contributed by atoms with Gasteiger partial charge in [-0.15, -0.1) is 0 Å². The average Bonchev–Trinajstić information content (AvgIpc) is 2.73. The Balaban J connectivity index is 1.53. The summed E-state index contributed by atoms with van der Waals surface area (Å²) in [5.41, 5.74) is 1.90. The highest BCUT2D eigenvalue weighted by Crippen LogP contribution is 2.36. The first-order valence-electron chi connectivity index (χ1n) is 9.54. The molecule has 2 aromatic rings. The number of carbonyl (C=O) groups excluding carboxylic acids is 1. The van der Waals surface area contributed by atoms with Crippen molar-refractivity contribution < 1.29 is 19.7 Å². The van der Waals surface area contributed by atoms with Gasteiger partial charge in [0.25, 0.3) is 5.91 Å². The first-order chi connectivity index (χ1) is 13.1. The van der Waals surface area contributed by atoms with E-state index in [1.54, 1.807) is 0 Å². The number of benzene rings is 2. The number of aliphatic hydroxyl groups is 2. The van der Waals surface area contributed by atoms with E-state index in [1.807, 2.05) is 59.5 Å². The lowest BCUT2D eigenvalue weighted by atomic mass is 9.80. The SMILES string of the molecule is O=C(c1ccccc1-c1ccccc1)N1CCC2(CC1)OCC[C@H](O)[C@@H]2O.